The quantitative estimate of drug-likeness (QED) is 0.116. The van der Waals surface area contributed by atoms with E-state index in [4.69, 9.17) is 4.74 Å². The highest BCUT2D eigenvalue weighted by molar-refractivity contribution is 6.12. The summed E-state index contributed by atoms with van der Waals surface area (Å²) >= 11 is 0. The Morgan fingerprint density at radius 1 is 0.894 bits per heavy atom. The number of carbonyl (C=O) groups excluding carboxylic acids is 2. The van der Waals surface area contributed by atoms with Crippen molar-refractivity contribution in [3.8, 4) is 22.4 Å². The van der Waals surface area contributed by atoms with Crippen molar-refractivity contribution in [3.63, 3.8) is 0 Å². The van der Waals surface area contributed by atoms with E-state index in [1.807, 2.05) is 48.7 Å². The van der Waals surface area contributed by atoms with Gasteiger partial charge in [0.05, 0.1) is 36.5 Å². The van der Waals surface area contributed by atoms with Gasteiger partial charge in [-0.1, -0.05) is 56.3 Å². The molecule has 250 valence electrons. The number of nitrogens with zero attached hydrogens (tertiary/aromatic N) is 1. The number of carbonyl (C=O) groups is 2. The average Bonchev–Trinajstić information content (AvgIpc) is 3.35. The molecule has 4 N–H and O–H groups in total. The van der Waals surface area contributed by atoms with E-state index in [0.717, 1.165) is 16.8 Å². The largest absolute Gasteiger partial charge is 0.460 e. The molecule has 0 fully saturated rings. The Morgan fingerprint density at radius 3 is 2.11 bits per heavy atom. The van der Waals surface area contributed by atoms with Crippen molar-refractivity contribution in [1.29, 1.82) is 0 Å². The molecule has 47 heavy (non-hydrogen) atoms. The highest BCUT2D eigenvalue weighted by Crippen LogP contribution is 2.42. The van der Waals surface area contributed by atoms with Crippen molar-refractivity contribution in [1.82, 2.24) is 4.57 Å². The van der Waals surface area contributed by atoms with Crippen LogP contribution in [-0.4, -0.2) is 49.6 Å². The lowest BCUT2D eigenvalue weighted by Gasteiger charge is -2.22. The average molecular weight is 645 g/mol. The topological polar surface area (TPSA) is 121 Å². The smallest absolute Gasteiger partial charge is 0.308 e. The van der Waals surface area contributed by atoms with Gasteiger partial charge in [-0.25, -0.2) is 4.39 Å². The number of aliphatic hydroxyl groups excluding tert-OH is 3. The number of amides is 1. The molecule has 1 heterocycles. The van der Waals surface area contributed by atoms with Crippen molar-refractivity contribution in [2.75, 3.05) is 5.32 Å². The summed E-state index contributed by atoms with van der Waals surface area (Å²) in [5.74, 6) is -1.41. The summed E-state index contributed by atoms with van der Waals surface area (Å²) < 4.78 is 21.5. The molecule has 0 aliphatic heterocycles. The Hall–Kier alpha value is -4.31. The van der Waals surface area contributed by atoms with Gasteiger partial charge in [0.2, 0.25) is 0 Å². The Kier molecular flexibility index (Phi) is 11.7. The van der Waals surface area contributed by atoms with Gasteiger partial charge in [0.1, 0.15) is 11.4 Å². The van der Waals surface area contributed by atoms with Crippen LogP contribution in [0.4, 0.5) is 10.1 Å². The minimum atomic E-state index is -1.09. The highest BCUT2D eigenvalue weighted by atomic mass is 19.1. The molecule has 4 aromatic rings. The van der Waals surface area contributed by atoms with Crippen molar-refractivity contribution >= 4 is 17.6 Å². The van der Waals surface area contributed by atoms with E-state index in [-0.39, 0.29) is 44.2 Å². The fourth-order valence-electron chi connectivity index (χ4n) is 5.75. The molecule has 1 amide bonds. The Balaban J connectivity index is 1.78. The molecule has 9 heteroatoms. The first-order chi connectivity index (χ1) is 22.3. The second-order valence-electron chi connectivity index (χ2n) is 13.1. The van der Waals surface area contributed by atoms with Crippen LogP contribution in [0.25, 0.3) is 22.4 Å². The zero-order chi connectivity index (χ0) is 34.3. The monoisotopic (exact) mass is 644 g/mol. The number of nitrogens with one attached hydrogen (secondary N) is 1. The summed E-state index contributed by atoms with van der Waals surface area (Å²) in [6, 6.07) is 22.6. The van der Waals surface area contributed by atoms with E-state index >= 15 is 0 Å². The van der Waals surface area contributed by atoms with Crippen LogP contribution >= 0.6 is 0 Å². The molecule has 0 spiro atoms. The van der Waals surface area contributed by atoms with Gasteiger partial charge in [0, 0.05) is 23.5 Å². The zero-order valence-corrected chi connectivity index (χ0v) is 27.7. The molecular weight excluding hydrogens is 599 g/mol. The molecule has 0 aliphatic rings. The maximum atomic E-state index is 14.3. The first-order valence-electron chi connectivity index (χ1n) is 15.9. The standard InChI is InChI=1S/C38H45FN2O6/c1-24(2)35-34(37(46)40-29-17-11-25(23-42)12-18-29)33(26-9-7-6-8-10-26)36(27-13-15-28(39)16-14-27)41(35)20-19-30(43)21-31(44)22-32(45)47-38(3,4)5/h6-18,24,30-31,42-44H,19-23H2,1-5H3,(H,40,46)/t30-,31-/m1/s1. The molecule has 3 aromatic carbocycles. The number of ether oxygens (including phenoxy) is 1. The van der Waals surface area contributed by atoms with Crippen molar-refractivity contribution in [2.24, 2.45) is 0 Å². The molecule has 0 bridgehead atoms. The van der Waals surface area contributed by atoms with Crippen molar-refractivity contribution in [2.45, 2.75) is 90.8 Å². The number of aromatic nitrogens is 1. The molecule has 8 nitrogen and oxygen atoms in total. The molecular formula is C38H45FN2O6. The van der Waals surface area contributed by atoms with Gasteiger partial charge in [-0.15, -0.1) is 0 Å². The summed E-state index contributed by atoms with van der Waals surface area (Å²) in [6.45, 7) is 9.39. The second kappa shape index (κ2) is 15.5. The molecule has 2 atom stereocenters. The van der Waals surface area contributed by atoms with E-state index in [9.17, 15) is 29.3 Å². The summed E-state index contributed by atoms with van der Waals surface area (Å²) in [6.07, 6.45) is -2.11. The second-order valence-corrected chi connectivity index (χ2v) is 13.1. The van der Waals surface area contributed by atoms with E-state index < -0.39 is 29.6 Å². The van der Waals surface area contributed by atoms with Crippen LogP contribution in [0.2, 0.25) is 0 Å². The SMILES string of the molecule is CC(C)c1c(C(=O)Nc2ccc(CO)cc2)c(-c2ccccc2)c(-c2ccc(F)cc2)n1CC[C@@H](O)C[C@@H](O)CC(=O)OC(C)(C)C. The van der Waals surface area contributed by atoms with E-state index in [1.54, 1.807) is 57.2 Å². The fraction of sp³-hybridized carbons (Fsp3) is 0.368. The maximum absolute atomic E-state index is 14.3. The van der Waals surface area contributed by atoms with Gasteiger partial charge in [0.15, 0.2) is 0 Å². The van der Waals surface area contributed by atoms with Gasteiger partial charge in [-0.3, -0.25) is 9.59 Å². The molecule has 0 unspecified atom stereocenters. The normalized spacial score (nSPS) is 13.0. The van der Waals surface area contributed by atoms with Crippen LogP contribution in [-0.2, 0) is 22.7 Å². The third-order valence-corrected chi connectivity index (χ3v) is 7.70. The first kappa shape index (κ1) is 35.5. The maximum Gasteiger partial charge on any atom is 0.308 e. The van der Waals surface area contributed by atoms with Crippen LogP contribution in [0.5, 0.6) is 0 Å². The Bertz CT molecular complexity index is 1640. The molecule has 0 aliphatic carbocycles. The lowest BCUT2D eigenvalue weighted by molar-refractivity contribution is -0.157. The predicted octanol–water partition coefficient (Wildman–Crippen LogP) is 7.06. The summed E-state index contributed by atoms with van der Waals surface area (Å²) in [4.78, 5) is 26.5. The fourth-order valence-corrected chi connectivity index (χ4v) is 5.75. The first-order valence-corrected chi connectivity index (χ1v) is 15.9. The molecule has 0 radical (unpaired) electrons. The number of aliphatic hydroxyl groups is 3. The number of benzene rings is 3. The highest BCUT2D eigenvalue weighted by Gasteiger charge is 2.31. The lowest BCUT2D eigenvalue weighted by atomic mass is 9.94. The zero-order valence-electron chi connectivity index (χ0n) is 27.7. The van der Waals surface area contributed by atoms with Crippen LogP contribution in [0, 0.1) is 5.82 Å². The number of rotatable bonds is 13. The summed E-state index contributed by atoms with van der Waals surface area (Å²) in [5.41, 5.74) is 4.63. The lowest BCUT2D eigenvalue weighted by Crippen LogP contribution is -2.28. The van der Waals surface area contributed by atoms with E-state index in [2.05, 4.69) is 5.32 Å². The number of halogens is 1. The van der Waals surface area contributed by atoms with Crippen molar-refractivity contribution < 1.29 is 34.0 Å². The van der Waals surface area contributed by atoms with Gasteiger partial charge in [-0.05, 0) is 92.6 Å². The van der Waals surface area contributed by atoms with Crippen LogP contribution in [0.3, 0.4) is 0 Å². The Morgan fingerprint density at radius 2 is 1.53 bits per heavy atom. The van der Waals surface area contributed by atoms with Crippen LogP contribution in [0.15, 0.2) is 78.9 Å². The number of hydrogen-bond acceptors (Lipinski definition) is 6. The third-order valence-electron chi connectivity index (χ3n) is 7.70. The Labute approximate surface area is 275 Å². The number of anilines is 1. The summed E-state index contributed by atoms with van der Waals surface area (Å²) in [5, 5.41) is 34.1. The summed E-state index contributed by atoms with van der Waals surface area (Å²) in [7, 11) is 0. The van der Waals surface area contributed by atoms with E-state index in [1.165, 1.54) is 12.1 Å². The molecule has 0 saturated carbocycles. The minimum Gasteiger partial charge on any atom is -0.460 e. The van der Waals surface area contributed by atoms with Gasteiger partial charge < -0.3 is 29.9 Å². The minimum absolute atomic E-state index is 0.0356. The van der Waals surface area contributed by atoms with E-state index in [0.29, 0.717) is 28.1 Å². The predicted molar refractivity (Wildman–Crippen MR) is 181 cm³/mol. The van der Waals surface area contributed by atoms with Gasteiger partial charge >= 0.3 is 5.97 Å². The molecule has 1 aromatic heterocycles. The third kappa shape index (κ3) is 9.38. The molecule has 0 saturated heterocycles. The van der Waals surface area contributed by atoms with Crippen LogP contribution in [0.1, 0.15) is 81.4 Å². The number of esters is 1. The van der Waals surface area contributed by atoms with Gasteiger partial charge in [0.25, 0.3) is 5.91 Å². The van der Waals surface area contributed by atoms with Gasteiger partial charge in [-0.2, -0.15) is 0 Å². The van der Waals surface area contributed by atoms with Crippen molar-refractivity contribution in [3.05, 3.63) is 102 Å². The van der Waals surface area contributed by atoms with Crippen LogP contribution < -0.4 is 5.32 Å². The molecule has 4 rings (SSSR count). The number of hydrogen-bond donors (Lipinski definition) is 4.